The Hall–Kier alpha value is -5.78. The van der Waals surface area contributed by atoms with Crippen LogP contribution in [0.15, 0.2) is 84.1 Å². The predicted molar refractivity (Wildman–Crippen MR) is 345 cm³/mol. The highest BCUT2D eigenvalue weighted by molar-refractivity contribution is 6.93. The summed E-state index contributed by atoms with van der Waals surface area (Å²) in [6.07, 6.45) is 9.60. The molecule has 0 saturated carbocycles. The van der Waals surface area contributed by atoms with Gasteiger partial charge in [0.15, 0.2) is 0 Å². The molecule has 0 fully saturated rings. The summed E-state index contributed by atoms with van der Waals surface area (Å²) in [5, 5.41) is 1.53. The smallest absolute Gasteiger partial charge is 0.0951 e. The average Bonchev–Trinajstić information content (AvgIpc) is 4.28. The SMILES string of the molecule is CC(C)[Si](C1=Cc2c3nc(c(-c4cc(C(C)(C)C)cc(C(C)(C)C)c4)c4ccc([nH]4)c(-c4cc(C(C)(C)C)cc(C(C)(C)C)c4)c4nc(c(-c5cc(C(C)(C)C)cc(C(C)(C)C)c5)c5ccc2[nH]5)C=C4)C=C13)(C(C)C)C(C)C. The lowest BCUT2D eigenvalue weighted by Crippen LogP contribution is -2.46. The van der Waals surface area contributed by atoms with Gasteiger partial charge < -0.3 is 9.97 Å². The number of benzene rings is 3. The molecule has 5 heteroatoms. The first-order valence-electron chi connectivity index (χ1n) is 29.3. The van der Waals surface area contributed by atoms with Crippen molar-refractivity contribution in [3.8, 4) is 33.4 Å². The first kappa shape index (κ1) is 56.9. The third kappa shape index (κ3) is 10.2. The lowest BCUT2D eigenvalue weighted by atomic mass is 9.78. The average molecular weight is 1060 g/mol. The van der Waals surface area contributed by atoms with E-state index < -0.39 is 8.07 Å². The van der Waals surface area contributed by atoms with Gasteiger partial charge in [0, 0.05) is 49.9 Å². The van der Waals surface area contributed by atoms with E-state index in [1.54, 1.807) is 0 Å². The molecule has 2 N–H and O–H groups in total. The van der Waals surface area contributed by atoms with Crippen LogP contribution in [0.5, 0.6) is 0 Å². The highest BCUT2D eigenvalue weighted by Crippen LogP contribution is 2.56. The van der Waals surface area contributed by atoms with E-state index in [2.05, 4.69) is 279 Å². The van der Waals surface area contributed by atoms with E-state index in [0.29, 0.717) is 16.6 Å². The second kappa shape index (κ2) is 19.2. The molecule has 0 amide bonds. The quantitative estimate of drug-likeness (QED) is 0.156. The van der Waals surface area contributed by atoms with Crippen molar-refractivity contribution in [1.29, 1.82) is 0 Å². The summed E-state index contributed by atoms with van der Waals surface area (Å²) in [6.45, 7) is 57.0. The minimum Gasteiger partial charge on any atom is -0.354 e. The number of aromatic amines is 2. The minimum atomic E-state index is -2.25. The molecule has 2 aliphatic heterocycles. The number of aromatic nitrogens is 4. The van der Waals surface area contributed by atoms with Gasteiger partial charge in [-0.2, -0.15) is 0 Å². The van der Waals surface area contributed by atoms with Gasteiger partial charge in [-0.25, -0.2) is 9.97 Å². The zero-order chi connectivity index (χ0) is 57.4. The molecule has 6 aromatic rings. The van der Waals surface area contributed by atoms with Crippen molar-refractivity contribution in [2.45, 2.75) is 215 Å². The van der Waals surface area contributed by atoms with E-state index >= 15 is 0 Å². The van der Waals surface area contributed by atoms with Gasteiger partial charge in [0.25, 0.3) is 0 Å². The van der Waals surface area contributed by atoms with Gasteiger partial charge in [-0.1, -0.05) is 227 Å². The Balaban J connectivity index is 1.56. The third-order valence-electron chi connectivity index (χ3n) is 17.7. The molecule has 5 heterocycles. The first-order chi connectivity index (χ1) is 35.9. The van der Waals surface area contributed by atoms with Crippen LogP contribution < -0.4 is 0 Å². The van der Waals surface area contributed by atoms with Gasteiger partial charge in [0.05, 0.1) is 30.8 Å². The van der Waals surface area contributed by atoms with Gasteiger partial charge in [-0.3, -0.25) is 0 Å². The molecule has 3 aromatic carbocycles. The molecule has 0 atom stereocenters. The zero-order valence-electron chi connectivity index (χ0n) is 52.4. The normalized spacial score (nSPS) is 14.6. The second-order valence-corrected chi connectivity index (χ2v) is 36.5. The summed E-state index contributed by atoms with van der Waals surface area (Å²) in [7, 11) is -2.25. The molecular formula is C73H94N4Si. The molecule has 0 spiro atoms. The molecule has 410 valence electrons. The molecule has 8 bridgehead atoms. The Morgan fingerprint density at radius 3 is 0.962 bits per heavy atom. The van der Waals surface area contributed by atoms with Crippen LogP contribution in [0, 0.1) is 0 Å². The van der Waals surface area contributed by atoms with Gasteiger partial charge in [0.2, 0.25) is 0 Å². The standard InChI is InChI=1S/C73H94N4Si/c1-42(2)78(43(3)4,44(5)6)63-41-54-56-25-26-57(74-56)64(45-31-48(68(7,8)9)37-49(32-45)69(10,11)12)58-27-28-59(75-58)65(46-33-50(70(13,14)15)38-51(34-46)71(16,17)18)60-29-30-61(76-60)66(62-40-55(63)67(54)77-62)47-35-52(72(19,20)21)39-53(36-47)73(22,23)24/h25-44,74,76H,1-24H3. The van der Waals surface area contributed by atoms with E-state index in [4.69, 9.17) is 9.97 Å². The summed E-state index contributed by atoms with van der Waals surface area (Å²) in [4.78, 5) is 20.2. The first-order valence-corrected chi connectivity index (χ1v) is 31.5. The number of allylic oxidation sites excluding steroid dienone is 2. The molecule has 0 unspecified atom stereocenters. The zero-order valence-corrected chi connectivity index (χ0v) is 53.4. The number of rotatable bonds is 7. The number of fused-ring (bicyclic) bond motifs is 8. The summed E-state index contributed by atoms with van der Waals surface area (Å²) in [5.74, 6) is 0. The lowest BCUT2D eigenvalue weighted by Gasteiger charge is -2.44. The summed E-state index contributed by atoms with van der Waals surface area (Å²) < 4.78 is 0. The summed E-state index contributed by atoms with van der Waals surface area (Å²) in [6, 6.07) is 31.2. The number of H-pyrrole nitrogens is 2. The molecule has 3 aromatic heterocycles. The van der Waals surface area contributed by atoms with E-state index in [-0.39, 0.29) is 32.5 Å². The van der Waals surface area contributed by atoms with E-state index in [1.807, 2.05) is 0 Å². The van der Waals surface area contributed by atoms with Crippen molar-refractivity contribution in [3.05, 3.63) is 146 Å². The van der Waals surface area contributed by atoms with Crippen LogP contribution in [0.4, 0.5) is 0 Å². The molecule has 0 saturated heterocycles. The lowest BCUT2D eigenvalue weighted by molar-refractivity contribution is 0.568. The largest absolute Gasteiger partial charge is 0.354 e. The Labute approximate surface area is 471 Å². The maximum absolute atomic E-state index is 5.98. The van der Waals surface area contributed by atoms with Crippen molar-refractivity contribution >= 4 is 60.0 Å². The number of hydrogen-bond acceptors (Lipinski definition) is 2. The Morgan fingerprint density at radius 1 is 0.359 bits per heavy atom. The van der Waals surface area contributed by atoms with Crippen LogP contribution in [0.3, 0.4) is 0 Å². The summed E-state index contributed by atoms with van der Waals surface area (Å²) in [5.41, 5.74) is 26.3. The van der Waals surface area contributed by atoms with Crippen molar-refractivity contribution in [3.63, 3.8) is 0 Å². The Morgan fingerprint density at radius 2 is 0.654 bits per heavy atom. The van der Waals surface area contributed by atoms with Gasteiger partial charge in [-0.15, -0.1) is 0 Å². The highest BCUT2D eigenvalue weighted by atomic mass is 28.3. The van der Waals surface area contributed by atoms with E-state index in [9.17, 15) is 0 Å². The number of nitrogens with one attached hydrogen (secondary N) is 2. The number of nitrogens with zero attached hydrogens (tertiary/aromatic N) is 2. The molecule has 9 rings (SSSR count). The van der Waals surface area contributed by atoms with Crippen molar-refractivity contribution in [1.82, 2.24) is 19.9 Å². The summed E-state index contributed by atoms with van der Waals surface area (Å²) >= 11 is 0. The van der Waals surface area contributed by atoms with Gasteiger partial charge >= 0.3 is 0 Å². The van der Waals surface area contributed by atoms with Gasteiger partial charge in [0.1, 0.15) is 0 Å². The molecule has 1 aliphatic carbocycles. The van der Waals surface area contributed by atoms with Crippen LogP contribution in [0.25, 0.3) is 85.3 Å². The van der Waals surface area contributed by atoms with Crippen molar-refractivity contribution in [2.75, 3.05) is 0 Å². The molecule has 3 aliphatic rings. The molecule has 78 heavy (non-hydrogen) atoms. The van der Waals surface area contributed by atoms with Crippen molar-refractivity contribution in [2.24, 2.45) is 0 Å². The minimum absolute atomic E-state index is 0.0776. The van der Waals surface area contributed by atoms with Crippen LogP contribution in [0.1, 0.15) is 228 Å². The third-order valence-corrected chi connectivity index (χ3v) is 24.8. The fraction of sp³-hybridized carbons (Fsp3) is 0.452. The van der Waals surface area contributed by atoms with E-state index in [0.717, 1.165) is 67.1 Å². The molecule has 0 radical (unpaired) electrons. The number of hydrogen-bond donors (Lipinski definition) is 2. The van der Waals surface area contributed by atoms with Gasteiger partial charge in [-0.05, 0) is 147 Å². The fourth-order valence-corrected chi connectivity index (χ4v) is 19.9. The highest BCUT2D eigenvalue weighted by Gasteiger charge is 2.49. The monoisotopic (exact) mass is 1050 g/mol. The van der Waals surface area contributed by atoms with Crippen molar-refractivity contribution < 1.29 is 0 Å². The predicted octanol–water partition coefficient (Wildman–Crippen LogP) is 21.4. The van der Waals surface area contributed by atoms with E-state index in [1.165, 1.54) is 60.8 Å². The van der Waals surface area contributed by atoms with Crippen LogP contribution in [-0.4, -0.2) is 28.0 Å². The Kier molecular flexibility index (Phi) is 14.0. The molecular weight excluding hydrogens is 961 g/mol. The maximum atomic E-state index is 5.98. The topological polar surface area (TPSA) is 57.4 Å². The molecule has 4 nitrogen and oxygen atoms in total. The maximum Gasteiger partial charge on any atom is 0.0951 e. The Bertz CT molecular complexity index is 3520. The fourth-order valence-electron chi connectivity index (χ4n) is 13.0. The second-order valence-electron chi connectivity index (χ2n) is 30.6. The van der Waals surface area contributed by atoms with Crippen LogP contribution in [-0.2, 0) is 32.5 Å². The van der Waals surface area contributed by atoms with Crippen LogP contribution >= 0.6 is 0 Å². The van der Waals surface area contributed by atoms with Crippen LogP contribution in [0.2, 0.25) is 16.6 Å².